The van der Waals surface area contributed by atoms with Crippen LogP contribution in [0.3, 0.4) is 0 Å². The van der Waals surface area contributed by atoms with Crippen molar-refractivity contribution in [2.45, 2.75) is 13.5 Å². The monoisotopic (exact) mass is 429 g/mol. The molecule has 0 unspecified atom stereocenters. The summed E-state index contributed by atoms with van der Waals surface area (Å²) in [6.45, 7) is 2.09. The lowest BCUT2D eigenvalue weighted by atomic mass is 10.0. The van der Waals surface area contributed by atoms with Gasteiger partial charge in [0.25, 0.3) is 5.91 Å². The number of halogens is 2. The molecule has 3 aromatic heterocycles. The molecule has 0 saturated carbocycles. The van der Waals surface area contributed by atoms with Crippen molar-refractivity contribution < 1.29 is 4.79 Å². The highest BCUT2D eigenvalue weighted by molar-refractivity contribution is 6.36. The lowest BCUT2D eigenvalue weighted by Gasteiger charge is -2.14. The zero-order chi connectivity index (χ0) is 20.7. The molecule has 1 aromatic carbocycles. The third-order valence-electron chi connectivity index (χ3n) is 4.50. The molecule has 0 spiro atoms. The molecule has 148 valence electrons. The van der Waals surface area contributed by atoms with E-state index in [2.05, 4.69) is 20.4 Å². The van der Waals surface area contributed by atoms with E-state index in [-0.39, 0.29) is 12.2 Å². The average Bonchev–Trinajstić information content (AvgIpc) is 3.27. The lowest BCUT2D eigenvalue weighted by Crippen LogP contribution is -2.13. The number of benzene rings is 1. The number of rotatable bonds is 4. The Hall–Kier alpha value is -2.94. The van der Waals surface area contributed by atoms with Crippen molar-refractivity contribution in [2.24, 2.45) is 12.8 Å². The van der Waals surface area contributed by atoms with Crippen LogP contribution in [0.15, 0.2) is 36.7 Å². The van der Waals surface area contributed by atoms with E-state index in [0.29, 0.717) is 27.3 Å². The Morgan fingerprint density at radius 3 is 2.69 bits per heavy atom. The molecule has 4 rings (SSSR count). The van der Waals surface area contributed by atoms with Crippen LogP contribution in [0.4, 0.5) is 5.82 Å². The third-order valence-corrected chi connectivity index (χ3v) is 5.04. The Bertz CT molecular complexity index is 1250. The number of anilines is 1. The van der Waals surface area contributed by atoms with Gasteiger partial charge < -0.3 is 11.1 Å². The zero-order valence-electron chi connectivity index (χ0n) is 15.6. The van der Waals surface area contributed by atoms with Crippen LogP contribution in [0.1, 0.15) is 21.7 Å². The third kappa shape index (κ3) is 3.57. The van der Waals surface area contributed by atoms with E-state index in [9.17, 15) is 4.79 Å². The Balaban J connectivity index is 1.86. The minimum absolute atomic E-state index is 0.197. The summed E-state index contributed by atoms with van der Waals surface area (Å²) >= 11 is 12.5. The summed E-state index contributed by atoms with van der Waals surface area (Å²) in [5.74, 6) is 0.406. The number of nitrogens with zero attached hydrogens (tertiary/aromatic N) is 5. The molecule has 3 N–H and O–H groups in total. The number of amides is 1. The largest absolute Gasteiger partial charge is 0.326 e. The van der Waals surface area contributed by atoms with E-state index in [1.54, 1.807) is 46.7 Å². The summed E-state index contributed by atoms with van der Waals surface area (Å²) in [5.41, 5.74) is 9.15. The van der Waals surface area contributed by atoms with Gasteiger partial charge in [0.15, 0.2) is 5.82 Å². The van der Waals surface area contributed by atoms with Gasteiger partial charge in [0, 0.05) is 53.9 Å². The quantitative estimate of drug-likeness (QED) is 0.516. The van der Waals surface area contributed by atoms with E-state index >= 15 is 0 Å². The second kappa shape index (κ2) is 7.47. The second-order valence-corrected chi connectivity index (χ2v) is 7.32. The number of aromatic nitrogens is 5. The number of nitrogens with one attached hydrogen (secondary N) is 1. The number of carbonyl (C=O) groups excluding carboxylic acids is 1. The van der Waals surface area contributed by atoms with E-state index < -0.39 is 5.91 Å². The number of nitrogens with two attached hydrogens (primary N) is 1. The maximum absolute atomic E-state index is 12.7. The normalized spacial score (nSPS) is 11.2. The summed E-state index contributed by atoms with van der Waals surface area (Å²) in [5, 5.41) is 7.85. The lowest BCUT2D eigenvalue weighted by molar-refractivity contribution is 0.102. The van der Waals surface area contributed by atoms with E-state index in [0.717, 1.165) is 16.8 Å². The van der Waals surface area contributed by atoms with Gasteiger partial charge in [0.1, 0.15) is 5.69 Å². The molecule has 0 aliphatic rings. The van der Waals surface area contributed by atoms with Crippen LogP contribution in [-0.4, -0.2) is 30.1 Å². The van der Waals surface area contributed by atoms with Gasteiger partial charge in [-0.25, -0.2) is 9.97 Å². The Labute approximate surface area is 176 Å². The first-order chi connectivity index (χ1) is 13.9. The molecule has 0 aliphatic heterocycles. The average molecular weight is 430 g/mol. The Morgan fingerprint density at radius 1 is 1.24 bits per heavy atom. The number of hydrogen-bond donors (Lipinski definition) is 2. The van der Waals surface area contributed by atoms with Crippen molar-refractivity contribution in [3.05, 3.63) is 63.7 Å². The van der Waals surface area contributed by atoms with Gasteiger partial charge in [0.2, 0.25) is 5.78 Å². The first-order valence-electron chi connectivity index (χ1n) is 8.72. The molecule has 29 heavy (non-hydrogen) atoms. The summed E-state index contributed by atoms with van der Waals surface area (Å²) in [6, 6.07) is 6.91. The number of aryl methyl sites for hydroxylation is 2. The molecule has 0 aliphatic carbocycles. The topological polar surface area (TPSA) is 103 Å². The number of hydrogen-bond acceptors (Lipinski definition) is 5. The molecule has 1 amide bonds. The predicted molar refractivity (Wildman–Crippen MR) is 112 cm³/mol. The standard InChI is InChI=1S/C19H17Cl2N7O/c1-10-13(8-22)17(12-4-3-11(20)7-14(12)21)28-9-15(24-19(28)23-10)18(29)25-16-5-6-27(2)26-16/h3-7,9H,8,22H2,1-2H3,(H,25,26,29). The molecule has 0 atom stereocenters. The van der Waals surface area contributed by atoms with E-state index in [1.807, 2.05) is 13.0 Å². The summed E-state index contributed by atoms with van der Waals surface area (Å²) in [7, 11) is 1.77. The van der Waals surface area contributed by atoms with Crippen molar-refractivity contribution in [2.75, 3.05) is 5.32 Å². The van der Waals surface area contributed by atoms with Crippen molar-refractivity contribution in [1.29, 1.82) is 0 Å². The predicted octanol–water partition coefficient (Wildman–Crippen LogP) is 3.46. The van der Waals surface area contributed by atoms with Crippen LogP contribution in [0.5, 0.6) is 0 Å². The molecule has 0 bridgehead atoms. The molecular formula is C19H17Cl2N7O. The van der Waals surface area contributed by atoms with Crippen LogP contribution in [0, 0.1) is 6.92 Å². The van der Waals surface area contributed by atoms with Crippen LogP contribution in [0.2, 0.25) is 10.0 Å². The van der Waals surface area contributed by atoms with Gasteiger partial charge in [-0.05, 0) is 25.1 Å². The molecule has 0 fully saturated rings. The Morgan fingerprint density at radius 2 is 2.03 bits per heavy atom. The van der Waals surface area contributed by atoms with Crippen molar-refractivity contribution in [3.8, 4) is 11.3 Å². The van der Waals surface area contributed by atoms with Gasteiger partial charge in [-0.1, -0.05) is 23.2 Å². The molecule has 0 saturated heterocycles. The molecular weight excluding hydrogens is 413 g/mol. The Kier molecular flexibility index (Phi) is 4.99. The number of imidazole rings is 1. The van der Waals surface area contributed by atoms with Crippen molar-refractivity contribution in [1.82, 2.24) is 24.1 Å². The first kappa shape index (κ1) is 19.4. The molecule has 0 radical (unpaired) electrons. The first-order valence-corrected chi connectivity index (χ1v) is 9.48. The van der Waals surface area contributed by atoms with Crippen LogP contribution < -0.4 is 11.1 Å². The van der Waals surface area contributed by atoms with Gasteiger partial charge in [0.05, 0.1) is 10.7 Å². The number of carbonyl (C=O) groups is 1. The van der Waals surface area contributed by atoms with Crippen LogP contribution in [-0.2, 0) is 13.6 Å². The van der Waals surface area contributed by atoms with E-state index in [4.69, 9.17) is 28.9 Å². The van der Waals surface area contributed by atoms with Crippen LogP contribution in [0.25, 0.3) is 17.0 Å². The minimum atomic E-state index is -0.394. The highest BCUT2D eigenvalue weighted by atomic mass is 35.5. The minimum Gasteiger partial charge on any atom is -0.326 e. The molecule has 8 nitrogen and oxygen atoms in total. The highest BCUT2D eigenvalue weighted by Gasteiger charge is 2.20. The second-order valence-electron chi connectivity index (χ2n) is 6.48. The van der Waals surface area contributed by atoms with Gasteiger partial charge in [-0.3, -0.25) is 13.9 Å². The summed E-state index contributed by atoms with van der Waals surface area (Å²) in [4.78, 5) is 21.5. The molecule has 10 heteroatoms. The van der Waals surface area contributed by atoms with Gasteiger partial charge >= 0.3 is 0 Å². The number of fused-ring (bicyclic) bond motifs is 1. The van der Waals surface area contributed by atoms with Crippen LogP contribution >= 0.6 is 23.2 Å². The fourth-order valence-corrected chi connectivity index (χ4v) is 3.64. The fourth-order valence-electron chi connectivity index (χ4n) is 3.14. The fraction of sp³-hybridized carbons (Fsp3) is 0.158. The van der Waals surface area contributed by atoms with Gasteiger partial charge in [-0.2, -0.15) is 5.10 Å². The van der Waals surface area contributed by atoms with Crippen molar-refractivity contribution in [3.63, 3.8) is 0 Å². The van der Waals surface area contributed by atoms with Crippen molar-refractivity contribution >= 4 is 40.7 Å². The smallest absolute Gasteiger partial charge is 0.277 e. The summed E-state index contributed by atoms with van der Waals surface area (Å²) < 4.78 is 3.32. The maximum atomic E-state index is 12.7. The van der Waals surface area contributed by atoms with E-state index in [1.165, 1.54) is 0 Å². The molecule has 4 aromatic rings. The zero-order valence-corrected chi connectivity index (χ0v) is 17.2. The molecule has 3 heterocycles. The summed E-state index contributed by atoms with van der Waals surface area (Å²) in [6.07, 6.45) is 3.35. The highest BCUT2D eigenvalue weighted by Crippen LogP contribution is 2.34. The SMILES string of the molecule is Cc1nc2nc(C(=O)Nc3ccn(C)n3)cn2c(-c2ccc(Cl)cc2Cl)c1CN. The maximum Gasteiger partial charge on any atom is 0.277 e. The van der Waals surface area contributed by atoms with Gasteiger partial charge in [-0.15, -0.1) is 0 Å².